The molecule has 1 saturated heterocycles. The molecule has 1 N–H and O–H groups in total. The van der Waals surface area contributed by atoms with Gasteiger partial charge >= 0.3 is 0 Å². The molecule has 4 heterocycles. The van der Waals surface area contributed by atoms with Crippen molar-refractivity contribution < 1.29 is 14.3 Å². The standard InChI is InChI=1S/C22H21N7O3/c1-27-19(16(13-23-27)22(31)28-9-5-10-28)21(30)24-14-8-11-29-18(12-14)25-20(26-29)15-6-3-4-7-17(15)32-2/h3-4,6-8,11-13H,5,9-10H2,1-2H3,(H,24,30). The van der Waals surface area contributed by atoms with E-state index in [2.05, 4.69) is 20.5 Å². The predicted molar refractivity (Wildman–Crippen MR) is 117 cm³/mol. The smallest absolute Gasteiger partial charge is 0.274 e. The highest BCUT2D eigenvalue weighted by Gasteiger charge is 2.28. The van der Waals surface area contributed by atoms with E-state index in [-0.39, 0.29) is 11.6 Å². The minimum Gasteiger partial charge on any atom is -0.496 e. The lowest BCUT2D eigenvalue weighted by Crippen LogP contribution is -2.42. The summed E-state index contributed by atoms with van der Waals surface area (Å²) < 4.78 is 8.44. The third kappa shape index (κ3) is 3.35. The van der Waals surface area contributed by atoms with Crippen molar-refractivity contribution in [1.82, 2.24) is 29.3 Å². The number of carbonyl (C=O) groups excluding carboxylic acids is 2. The van der Waals surface area contributed by atoms with Gasteiger partial charge in [0.15, 0.2) is 11.5 Å². The first kappa shape index (κ1) is 19.7. The Balaban J connectivity index is 1.42. The molecule has 1 fully saturated rings. The number of hydrogen-bond acceptors (Lipinski definition) is 6. The number of likely N-dealkylation sites (tertiary alicyclic amines) is 1. The molecule has 0 bridgehead atoms. The molecule has 32 heavy (non-hydrogen) atoms. The van der Waals surface area contributed by atoms with Crippen molar-refractivity contribution in [2.45, 2.75) is 6.42 Å². The van der Waals surface area contributed by atoms with Crippen molar-refractivity contribution in [1.29, 1.82) is 0 Å². The number of hydrogen-bond donors (Lipinski definition) is 1. The molecule has 0 saturated carbocycles. The Morgan fingerprint density at radius 2 is 1.97 bits per heavy atom. The maximum atomic E-state index is 13.0. The van der Waals surface area contributed by atoms with Crippen LogP contribution in [0, 0.1) is 0 Å². The molecule has 0 unspecified atom stereocenters. The van der Waals surface area contributed by atoms with Crippen LogP contribution >= 0.6 is 0 Å². The van der Waals surface area contributed by atoms with Crippen molar-refractivity contribution in [3.05, 3.63) is 60.0 Å². The van der Waals surface area contributed by atoms with E-state index < -0.39 is 5.91 Å². The summed E-state index contributed by atoms with van der Waals surface area (Å²) in [6, 6.07) is 10.9. The van der Waals surface area contributed by atoms with Crippen LogP contribution in [0.4, 0.5) is 5.69 Å². The largest absolute Gasteiger partial charge is 0.496 e. The van der Waals surface area contributed by atoms with Gasteiger partial charge in [-0.3, -0.25) is 14.3 Å². The first-order valence-corrected chi connectivity index (χ1v) is 10.2. The number of benzene rings is 1. The summed E-state index contributed by atoms with van der Waals surface area (Å²) in [6.07, 6.45) is 4.13. The summed E-state index contributed by atoms with van der Waals surface area (Å²) in [5, 5.41) is 11.5. The number of nitrogens with one attached hydrogen (secondary N) is 1. The Bertz CT molecular complexity index is 1340. The molecule has 2 amide bonds. The fourth-order valence-corrected chi connectivity index (χ4v) is 3.65. The van der Waals surface area contributed by atoms with Gasteiger partial charge < -0.3 is 15.0 Å². The molecule has 1 aliphatic heterocycles. The summed E-state index contributed by atoms with van der Waals surface area (Å²) >= 11 is 0. The molecular weight excluding hydrogens is 410 g/mol. The number of para-hydroxylation sites is 1. The second-order valence-electron chi connectivity index (χ2n) is 7.48. The van der Waals surface area contributed by atoms with Crippen LogP contribution in [0.5, 0.6) is 5.75 Å². The van der Waals surface area contributed by atoms with Crippen molar-refractivity contribution in [2.24, 2.45) is 7.05 Å². The van der Waals surface area contributed by atoms with E-state index in [1.807, 2.05) is 24.3 Å². The first-order chi connectivity index (χ1) is 15.5. The molecule has 3 aromatic heterocycles. The zero-order valence-electron chi connectivity index (χ0n) is 17.6. The van der Waals surface area contributed by atoms with Gasteiger partial charge in [-0.05, 0) is 24.6 Å². The molecule has 0 spiro atoms. The number of carbonyl (C=O) groups is 2. The molecule has 1 aliphatic rings. The molecule has 162 valence electrons. The number of ether oxygens (including phenoxy) is 1. The van der Waals surface area contributed by atoms with E-state index >= 15 is 0 Å². The van der Waals surface area contributed by atoms with Crippen LogP contribution in [-0.4, -0.2) is 61.3 Å². The molecule has 0 radical (unpaired) electrons. The highest BCUT2D eigenvalue weighted by atomic mass is 16.5. The zero-order chi connectivity index (χ0) is 22.2. The van der Waals surface area contributed by atoms with E-state index in [1.165, 1.54) is 10.9 Å². The minimum atomic E-state index is -0.414. The first-order valence-electron chi connectivity index (χ1n) is 10.2. The van der Waals surface area contributed by atoms with Crippen molar-refractivity contribution >= 4 is 23.1 Å². The van der Waals surface area contributed by atoms with Crippen LogP contribution in [0.1, 0.15) is 27.3 Å². The molecule has 0 aliphatic carbocycles. The third-order valence-electron chi connectivity index (χ3n) is 5.47. The van der Waals surface area contributed by atoms with E-state index in [9.17, 15) is 9.59 Å². The minimum absolute atomic E-state index is 0.177. The van der Waals surface area contributed by atoms with Gasteiger partial charge in [-0.15, -0.1) is 5.10 Å². The fraction of sp³-hybridized carbons (Fsp3) is 0.227. The van der Waals surface area contributed by atoms with Crippen LogP contribution in [-0.2, 0) is 7.05 Å². The number of methoxy groups -OCH3 is 1. The predicted octanol–water partition coefficient (Wildman–Crippen LogP) is 2.24. The Kier molecular flexibility index (Phi) is 4.81. The van der Waals surface area contributed by atoms with Crippen molar-refractivity contribution in [2.75, 3.05) is 25.5 Å². The summed E-state index contributed by atoms with van der Waals surface area (Å²) in [5.74, 6) is 0.596. The lowest BCUT2D eigenvalue weighted by Gasteiger charge is -2.30. The fourth-order valence-electron chi connectivity index (χ4n) is 3.65. The number of fused-ring (bicyclic) bond motifs is 1. The molecule has 0 atom stereocenters. The second kappa shape index (κ2) is 7.80. The van der Waals surface area contributed by atoms with Crippen LogP contribution in [0.3, 0.4) is 0 Å². The number of amides is 2. The van der Waals surface area contributed by atoms with Crippen LogP contribution < -0.4 is 10.1 Å². The van der Waals surface area contributed by atoms with Gasteiger partial charge in [-0.25, -0.2) is 9.50 Å². The SMILES string of the molecule is COc1ccccc1-c1nc2cc(NC(=O)c3c(C(=O)N4CCC4)cnn3C)ccn2n1. The topological polar surface area (TPSA) is 107 Å². The van der Waals surface area contributed by atoms with Crippen LogP contribution in [0.2, 0.25) is 0 Å². The number of aromatic nitrogens is 5. The molecule has 5 rings (SSSR count). The lowest BCUT2D eigenvalue weighted by atomic mass is 10.1. The van der Waals surface area contributed by atoms with E-state index in [1.54, 1.807) is 41.9 Å². The molecule has 4 aromatic rings. The number of aryl methyl sites for hydroxylation is 1. The number of nitrogens with zero attached hydrogens (tertiary/aromatic N) is 6. The Morgan fingerprint density at radius 3 is 2.72 bits per heavy atom. The lowest BCUT2D eigenvalue weighted by molar-refractivity contribution is 0.0648. The van der Waals surface area contributed by atoms with Crippen molar-refractivity contribution in [3.8, 4) is 17.1 Å². The van der Waals surface area contributed by atoms with Gasteiger partial charge in [-0.1, -0.05) is 12.1 Å². The quantitative estimate of drug-likeness (QED) is 0.519. The Morgan fingerprint density at radius 1 is 1.16 bits per heavy atom. The maximum absolute atomic E-state index is 13.0. The van der Waals surface area contributed by atoms with E-state index in [4.69, 9.17) is 4.74 Å². The maximum Gasteiger partial charge on any atom is 0.274 e. The van der Waals surface area contributed by atoms with E-state index in [0.29, 0.717) is 41.6 Å². The number of rotatable bonds is 5. The molecular formula is C22H21N7O3. The van der Waals surface area contributed by atoms with Gasteiger partial charge in [0.05, 0.1) is 24.4 Å². The number of anilines is 1. The van der Waals surface area contributed by atoms with Gasteiger partial charge in [-0.2, -0.15) is 5.10 Å². The number of pyridine rings is 1. The molecule has 1 aromatic carbocycles. The van der Waals surface area contributed by atoms with E-state index in [0.717, 1.165) is 12.0 Å². The van der Waals surface area contributed by atoms with Gasteiger partial charge in [0.2, 0.25) is 0 Å². The zero-order valence-corrected chi connectivity index (χ0v) is 17.6. The average molecular weight is 431 g/mol. The van der Waals surface area contributed by atoms with Gasteiger partial charge in [0.1, 0.15) is 11.4 Å². The van der Waals surface area contributed by atoms with Gasteiger partial charge in [0.25, 0.3) is 11.8 Å². The van der Waals surface area contributed by atoms with Crippen LogP contribution in [0.15, 0.2) is 48.8 Å². The molecule has 10 heteroatoms. The Labute approximate surface area is 183 Å². The summed E-state index contributed by atoms with van der Waals surface area (Å²) in [5.41, 5.74) is 2.38. The normalized spacial score (nSPS) is 13.1. The van der Waals surface area contributed by atoms with Crippen LogP contribution in [0.25, 0.3) is 17.0 Å². The Hall–Kier alpha value is -4.21. The summed E-state index contributed by atoms with van der Waals surface area (Å²) in [7, 11) is 3.24. The monoisotopic (exact) mass is 431 g/mol. The molecule has 10 nitrogen and oxygen atoms in total. The third-order valence-corrected chi connectivity index (χ3v) is 5.47. The second-order valence-corrected chi connectivity index (χ2v) is 7.48. The van der Waals surface area contributed by atoms with Gasteiger partial charge in [0, 0.05) is 38.1 Å². The highest BCUT2D eigenvalue weighted by Crippen LogP contribution is 2.27. The highest BCUT2D eigenvalue weighted by molar-refractivity contribution is 6.11. The summed E-state index contributed by atoms with van der Waals surface area (Å²) in [4.78, 5) is 31.9. The summed E-state index contributed by atoms with van der Waals surface area (Å²) in [6.45, 7) is 1.40. The van der Waals surface area contributed by atoms with Crippen molar-refractivity contribution in [3.63, 3.8) is 0 Å². The average Bonchev–Trinajstić information content (AvgIpc) is 3.35.